The third-order valence-corrected chi connectivity index (χ3v) is 5.52. The molecule has 1 N–H and O–H groups in total. The van der Waals surface area contributed by atoms with Crippen molar-refractivity contribution in [2.45, 2.75) is 36.8 Å². The van der Waals surface area contributed by atoms with Gasteiger partial charge in [-0.05, 0) is 35.7 Å². The van der Waals surface area contributed by atoms with Gasteiger partial charge in [-0.15, -0.1) is 0 Å². The van der Waals surface area contributed by atoms with E-state index in [1.54, 1.807) is 18.2 Å². The van der Waals surface area contributed by atoms with Crippen molar-refractivity contribution >= 4 is 0 Å². The van der Waals surface area contributed by atoms with E-state index in [1.807, 2.05) is 0 Å². The topological polar surface area (TPSA) is 30.5 Å². The summed E-state index contributed by atoms with van der Waals surface area (Å²) >= 11 is 0. The van der Waals surface area contributed by atoms with Crippen LogP contribution < -0.4 is 5.32 Å². The van der Waals surface area contributed by atoms with E-state index in [-0.39, 0.29) is 29.9 Å². The maximum Gasteiger partial charge on any atom is 0.416 e. The highest BCUT2D eigenvalue weighted by molar-refractivity contribution is 5.33. The summed E-state index contributed by atoms with van der Waals surface area (Å²) in [7, 11) is 0. The van der Waals surface area contributed by atoms with Crippen molar-refractivity contribution in [2.75, 3.05) is 19.8 Å². The Morgan fingerprint density at radius 3 is 2.43 bits per heavy atom. The van der Waals surface area contributed by atoms with Crippen LogP contribution in [0.5, 0.6) is 0 Å². The number of hydrogen-bond donors (Lipinski definition) is 1. The highest BCUT2D eigenvalue weighted by Crippen LogP contribution is 2.45. The van der Waals surface area contributed by atoms with Crippen LogP contribution in [0.2, 0.25) is 0 Å². The van der Waals surface area contributed by atoms with E-state index in [0.717, 1.165) is 11.6 Å². The molecule has 3 nitrogen and oxygen atoms in total. The van der Waals surface area contributed by atoms with E-state index >= 15 is 0 Å². The van der Waals surface area contributed by atoms with Gasteiger partial charge in [-0.25, -0.2) is 4.39 Å². The van der Waals surface area contributed by atoms with Crippen LogP contribution >= 0.6 is 0 Å². The maximum atomic E-state index is 13.4. The van der Waals surface area contributed by atoms with Crippen molar-refractivity contribution in [3.63, 3.8) is 0 Å². The summed E-state index contributed by atoms with van der Waals surface area (Å²) in [6.07, 6.45) is -3.45. The number of nitrogens with one attached hydrogen (secondary N) is 1. The third-order valence-electron chi connectivity index (χ3n) is 5.52. The summed E-state index contributed by atoms with van der Waals surface area (Å²) in [5.41, 5.74) is 0.472. The van der Waals surface area contributed by atoms with Gasteiger partial charge in [-0.1, -0.05) is 30.3 Å². The van der Waals surface area contributed by atoms with E-state index in [4.69, 9.17) is 9.47 Å². The summed E-state index contributed by atoms with van der Waals surface area (Å²) in [5, 5.41) is 3.35. The van der Waals surface area contributed by atoms with Gasteiger partial charge in [0.25, 0.3) is 0 Å². The molecule has 0 bridgehead atoms. The molecule has 4 rings (SSSR count). The van der Waals surface area contributed by atoms with Gasteiger partial charge in [0.2, 0.25) is 0 Å². The van der Waals surface area contributed by atoms with Gasteiger partial charge in [-0.3, -0.25) is 0 Å². The van der Waals surface area contributed by atoms with Gasteiger partial charge in [0.05, 0.1) is 24.8 Å². The van der Waals surface area contributed by atoms with Crippen molar-refractivity contribution in [1.29, 1.82) is 0 Å². The molecule has 3 atom stereocenters. The molecular formula is C21H21F4NO2. The molecule has 0 aromatic heterocycles. The van der Waals surface area contributed by atoms with Crippen LogP contribution in [-0.2, 0) is 15.7 Å². The second-order valence-corrected chi connectivity index (χ2v) is 7.23. The molecule has 0 amide bonds. The lowest BCUT2D eigenvalue weighted by Gasteiger charge is -2.48. The molecule has 2 saturated heterocycles. The quantitative estimate of drug-likeness (QED) is 0.742. The number of morpholine rings is 1. The molecule has 2 aromatic carbocycles. The fourth-order valence-corrected chi connectivity index (χ4v) is 4.16. The fourth-order valence-electron chi connectivity index (χ4n) is 4.16. The predicted molar refractivity (Wildman–Crippen MR) is 95.2 cm³/mol. The summed E-state index contributed by atoms with van der Waals surface area (Å²) in [4.78, 5) is 0. The van der Waals surface area contributed by atoms with Crippen LogP contribution in [0, 0.1) is 5.82 Å². The number of ether oxygens (including phenoxy) is 2. The first-order valence-electron chi connectivity index (χ1n) is 9.32. The van der Waals surface area contributed by atoms with Crippen molar-refractivity contribution < 1.29 is 27.0 Å². The van der Waals surface area contributed by atoms with Crippen LogP contribution in [0.25, 0.3) is 0 Å². The van der Waals surface area contributed by atoms with Crippen molar-refractivity contribution in [3.8, 4) is 0 Å². The van der Waals surface area contributed by atoms with Gasteiger partial charge in [0.15, 0.2) is 5.79 Å². The van der Waals surface area contributed by atoms with E-state index in [9.17, 15) is 17.6 Å². The van der Waals surface area contributed by atoms with Crippen molar-refractivity contribution in [1.82, 2.24) is 5.32 Å². The molecule has 28 heavy (non-hydrogen) atoms. The minimum Gasteiger partial charge on any atom is -0.347 e. The minimum absolute atomic E-state index is 0.131. The molecule has 1 spiro atoms. The zero-order valence-corrected chi connectivity index (χ0v) is 15.1. The van der Waals surface area contributed by atoms with Crippen LogP contribution in [0.4, 0.5) is 17.6 Å². The Bertz CT molecular complexity index is 814. The highest BCUT2D eigenvalue weighted by atomic mass is 19.4. The Labute approximate surface area is 160 Å². The van der Waals surface area contributed by atoms with Gasteiger partial charge >= 0.3 is 6.18 Å². The Morgan fingerprint density at radius 1 is 1.00 bits per heavy atom. The number of rotatable bonds is 2. The van der Waals surface area contributed by atoms with Crippen LogP contribution in [0.1, 0.15) is 41.5 Å². The molecule has 2 aromatic rings. The average molecular weight is 395 g/mol. The Balaban J connectivity index is 1.56. The molecule has 2 aliphatic rings. The summed E-state index contributed by atoms with van der Waals surface area (Å²) < 4.78 is 65.4. The number of hydrogen-bond acceptors (Lipinski definition) is 3. The number of alkyl halides is 3. The first kappa shape index (κ1) is 19.4. The maximum absolute atomic E-state index is 13.4. The second-order valence-electron chi connectivity index (χ2n) is 7.23. The molecule has 0 unspecified atom stereocenters. The highest BCUT2D eigenvalue weighted by Gasteiger charge is 2.48. The first-order chi connectivity index (χ1) is 13.4. The van der Waals surface area contributed by atoms with E-state index in [0.29, 0.717) is 26.0 Å². The number of halogens is 4. The lowest BCUT2D eigenvalue weighted by atomic mass is 9.83. The third kappa shape index (κ3) is 3.66. The van der Waals surface area contributed by atoms with E-state index < -0.39 is 17.5 Å². The normalized spacial score (nSPS) is 28.4. The Morgan fingerprint density at radius 2 is 1.75 bits per heavy atom. The Kier molecular flexibility index (Phi) is 5.16. The lowest BCUT2D eigenvalue weighted by Crippen LogP contribution is -2.56. The molecule has 2 heterocycles. The molecule has 0 aliphatic carbocycles. The number of benzene rings is 2. The monoisotopic (exact) mass is 395 g/mol. The molecule has 7 heteroatoms. The van der Waals surface area contributed by atoms with Crippen LogP contribution in [0.15, 0.2) is 48.5 Å². The van der Waals surface area contributed by atoms with Gasteiger partial charge in [0.1, 0.15) is 5.82 Å². The summed E-state index contributed by atoms with van der Waals surface area (Å²) in [6, 6.07) is 11.5. The molecule has 0 radical (unpaired) electrons. The second kappa shape index (κ2) is 7.46. The fraction of sp³-hybridized carbons (Fsp3) is 0.429. The average Bonchev–Trinajstić information content (AvgIpc) is 2.69. The zero-order chi connectivity index (χ0) is 19.8. The summed E-state index contributed by atoms with van der Waals surface area (Å²) in [5.74, 6) is -1.65. The largest absolute Gasteiger partial charge is 0.416 e. The van der Waals surface area contributed by atoms with E-state index in [2.05, 4.69) is 5.32 Å². The van der Waals surface area contributed by atoms with Gasteiger partial charge < -0.3 is 14.8 Å². The zero-order valence-electron chi connectivity index (χ0n) is 15.1. The standard InChI is InChI=1S/C21H21F4NO2/c22-16-7-5-14(6-8-16)19-20(27-12-11-26-19)10-9-15(13-28-20)17-3-1-2-4-18(17)21(23,24)25/h1-8,15,19,26H,9-13H2/t15-,19-,20-/m0/s1. The molecule has 2 aliphatic heterocycles. The SMILES string of the molecule is Fc1ccc([C@@H]2NCCO[C@]23CC[C@H](c2ccccc2C(F)(F)F)CO3)cc1. The minimum atomic E-state index is -4.40. The van der Waals surface area contributed by atoms with E-state index in [1.165, 1.54) is 24.3 Å². The Hall–Kier alpha value is -1.96. The smallest absolute Gasteiger partial charge is 0.347 e. The lowest BCUT2D eigenvalue weighted by molar-refractivity contribution is -0.289. The molecule has 150 valence electrons. The summed E-state index contributed by atoms with van der Waals surface area (Å²) in [6.45, 7) is 1.20. The molecule has 0 saturated carbocycles. The predicted octanol–water partition coefficient (Wildman–Crippen LogP) is 4.80. The molecule has 2 fully saturated rings. The van der Waals surface area contributed by atoms with Crippen LogP contribution in [0.3, 0.4) is 0 Å². The van der Waals surface area contributed by atoms with Gasteiger partial charge in [-0.2, -0.15) is 13.2 Å². The molecular weight excluding hydrogens is 374 g/mol. The van der Waals surface area contributed by atoms with Crippen molar-refractivity contribution in [2.24, 2.45) is 0 Å². The van der Waals surface area contributed by atoms with Gasteiger partial charge in [0, 0.05) is 18.9 Å². The van der Waals surface area contributed by atoms with Crippen molar-refractivity contribution in [3.05, 3.63) is 71.0 Å². The first-order valence-corrected chi connectivity index (χ1v) is 9.32. The van der Waals surface area contributed by atoms with Crippen LogP contribution in [-0.4, -0.2) is 25.5 Å².